The van der Waals surface area contributed by atoms with Crippen molar-refractivity contribution in [1.82, 2.24) is 15.1 Å². The molecule has 1 amide bonds. The molecule has 0 radical (unpaired) electrons. The van der Waals surface area contributed by atoms with Gasteiger partial charge in [0, 0.05) is 37.1 Å². The van der Waals surface area contributed by atoms with E-state index in [0.29, 0.717) is 19.6 Å². The van der Waals surface area contributed by atoms with E-state index in [-0.39, 0.29) is 11.9 Å². The SMILES string of the molecule is O=C(CC1COCCN1)Nc1cccc(-n2cccn2)c1. The van der Waals surface area contributed by atoms with Crippen molar-refractivity contribution in [3.8, 4) is 5.69 Å². The number of amides is 1. The van der Waals surface area contributed by atoms with E-state index in [4.69, 9.17) is 4.74 Å². The van der Waals surface area contributed by atoms with Crippen LogP contribution in [0.25, 0.3) is 5.69 Å². The van der Waals surface area contributed by atoms with Crippen LogP contribution < -0.4 is 10.6 Å². The number of aromatic nitrogens is 2. The van der Waals surface area contributed by atoms with Crippen LogP contribution in [0.4, 0.5) is 5.69 Å². The zero-order chi connectivity index (χ0) is 14.5. The molecule has 6 nitrogen and oxygen atoms in total. The highest BCUT2D eigenvalue weighted by Crippen LogP contribution is 2.14. The summed E-state index contributed by atoms with van der Waals surface area (Å²) >= 11 is 0. The van der Waals surface area contributed by atoms with Crippen LogP contribution in [0, 0.1) is 0 Å². The molecule has 1 unspecified atom stereocenters. The lowest BCUT2D eigenvalue weighted by Gasteiger charge is -2.23. The van der Waals surface area contributed by atoms with E-state index in [1.165, 1.54) is 0 Å². The second-order valence-corrected chi connectivity index (χ2v) is 4.98. The second-order valence-electron chi connectivity index (χ2n) is 4.98. The number of morpholine rings is 1. The van der Waals surface area contributed by atoms with Gasteiger partial charge < -0.3 is 15.4 Å². The van der Waals surface area contributed by atoms with Gasteiger partial charge in [0.2, 0.25) is 5.91 Å². The summed E-state index contributed by atoms with van der Waals surface area (Å²) in [4.78, 5) is 12.0. The minimum atomic E-state index is -0.0179. The molecule has 0 bridgehead atoms. The molecule has 2 aromatic rings. The summed E-state index contributed by atoms with van der Waals surface area (Å²) in [6.07, 6.45) is 4.00. The number of nitrogens with one attached hydrogen (secondary N) is 2. The third-order valence-corrected chi connectivity index (χ3v) is 3.33. The van der Waals surface area contributed by atoms with E-state index in [0.717, 1.165) is 17.9 Å². The Hall–Kier alpha value is -2.18. The maximum Gasteiger partial charge on any atom is 0.226 e. The van der Waals surface area contributed by atoms with Gasteiger partial charge in [-0.05, 0) is 24.3 Å². The van der Waals surface area contributed by atoms with Crippen molar-refractivity contribution >= 4 is 11.6 Å². The lowest BCUT2D eigenvalue weighted by atomic mass is 10.2. The van der Waals surface area contributed by atoms with Crippen molar-refractivity contribution in [3.63, 3.8) is 0 Å². The molecule has 1 aromatic carbocycles. The molecule has 2 heterocycles. The second kappa shape index (κ2) is 6.51. The van der Waals surface area contributed by atoms with E-state index in [2.05, 4.69) is 15.7 Å². The average Bonchev–Trinajstić information content (AvgIpc) is 3.02. The van der Waals surface area contributed by atoms with E-state index in [9.17, 15) is 4.79 Å². The van der Waals surface area contributed by atoms with Gasteiger partial charge in [0.25, 0.3) is 0 Å². The van der Waals surface area contributed by atoms with E-state index in [1.807, 2.05) is 36.5 Å². The topological polar surface area (TPSA) is 68.2 Å². The molecule has 1 fully saturated rings. The number of ether oxygens (including phenoxy) is 1. The maximum absolute atomic E-state index is 12.0. The first kappa shape index (κ1) is 13.8. The highest BCUT2D eigenvalue weighted by Gasteiger charge is 2.16. The predicted molar refractivity (Wildman–Crippen MR) is 79.4 cm³/mol. The Balaban J connectivity index is 1.62. The van der Waals surface area contributed by atoms with Gasteiger partial charge in [-0.1, -0.05) is 6.07 Å². The fraction of sp³-hybridized carbons (Fsp3) is 0.333. The Morgan fingerprint density at radius 2 is 2.43 bits per heavy atom. The summed E-state index contributed by atoms with van der Waals surface area (Å²) in [5.41, 5.74) is 1.68. The van der Waals surface area contributed by atoms with Crippen LogP contribution in [0.15, 0.2) is 42.7 Å². The van der Waals surface area contributed by atoms with Gasteiger partial charge in [0.05, 0.1) is 18.9 Å². The Bertz CT molecular complexity index is 591. The summed E-state index contributed by atoms with van der Waals surface area (Å²) in [7, 11) is 0. The van der Waals surface area contributed by atoms with E-state index >= 15 is 0 Å². The molecule has 1 atom stereocenters. The molecular weight excluding hydrogens is 268 g/mol. The van der Waals surface area contributed by atoms with Gasteiger partial charge in [0.1, 0.15) is 0 Å². The molecule has 110 valence electrons. The van der Waals surface area contributed by atoms with Gasteiger partial charge >= 0.3 is 0 Å². The Labute approximate surface area is 123 Å². The molecular formula is C15H18N4O2. The normalized spacial score (nSPS) is 18.4. The molecule has 3 rings (SSSR count). The summed E-state index contributed by atoms with van der Waals surface area (Å²) in [6, 6.07) is 9.56. The highest BCUT2D eigenvalue weighted by atomic mass is 16.5. The van der Waals surface area contributed by atoms with Crippen molar-refractivity contribution in [1.29, 1.82) is 0 Å². The van der Waals surface area contributed by atoms with Crippen molar-refractivity contribution in [3.05, 3.63) is 42.7 Å². The zero-order valence-corrected chi connectivity index (χ0v) is 11.7. The largest absolute Gasteiger partial charge is 0.378 e. The smallest absolute Gasteiger partial charge is 0.226 e. The summed E-state index contributed by atoms with van der Waals surface area (Å²) in [6.45, 7) is 2.09. The molecule has 0 saturated carbocycles. The van der Waals surface area contributed by atoms with Crippen LogP contribution >= 0.6 is 0 Å². The van der Waals surface area contributed by atoms with Crippen molar-refractivity contribution < 1.29 is 9.53 Å². The van der Waals surface area contributed by atoms with Crippen molar-refractivity contribution in [2.45, 2.75) is 12.5 Å². The minimum absolute atomic E-state index is 0.0179. The monoisotopic (exact) mass is 286 g/mol. The minimum Gasteiger partial charge on any atom is -0.378 e. The van der Waals surface area contributed by atoms with Crippen LogP contribution in [0.3, 0.4) is 0 Å². The predicted octanol–water partition coefficient (Wildman–Crippen LogP) is 1.19. The molecule has 0 spiro atoms. The lowest BCUT2D eigenvalue weighted by Crippen LogP contribution is -2.43. The molecule has 1 saturated heterocycles. The van der Waals surface area contributed by atoms with Crippen LogP contribution in [0.5, 0.6) is 0 Å². The molecule has 2 N–H and O–H groups in total. The molecule has 6 heteroatoms. The molecule has 0 aliphatic carbocycles. The number of rotatable bonds is 4. The van der Waals surface area contributed by atoms with Gasteiger partial charge in [-0.15, -0.1) is 0 Å². The number of anilines is 1. The van der Waals surface area contributed by atoms with E-state index in [1.54, 1.807) is 10.9 Å². The van der Waals surface area contributed by atoms with Gasteiger partial charge in [-0.2, -0.15) is 5.10 Å². The third kappa shape index (κ3) is 3.68. The third-order valence-electron chi connectivity index (χ3n) is 3.33. The van der Waals surface area contributed by atoms with E-state index < -0.39 is 0 Å². The molecule has 1 aliphatic heterocycles. The average molecular weight is 286 g/mol. The van der Waals surface area contributed by atoms with Crippen molar-refractivity contribution in [2.24, 2.45) is 0 Å². The first-order valence-corrected chi connectivity index (χ1v) is 7.02. The fourth-order valence-corrected chi connectivity index (χ4v) is 2.33. The lowest BCUT2D eigenvalue weighted by molar-refractivity contribution is -0.117. The Morgan fingerprint density at radius 3 is 3.19 bits per heavy atom. The number of hydrogen-bond donors (Lipinski definition) is 2. The van der Waals surface area contributed by atoms with Crippen LogP contribution in [0.2, 0.25) is 0 Å². The zero-order valence-electron chi connectivity index (χ0n) is 11.7. The Kier molecular flexibility index (Phi) is 4.28. The van der Waals surface area contributed by atoms with Crippen LogP contribution in [-0.4, -0.2) is 41.5 Å². The fourth-order valence-electron chi connectivity index (χ4n) is 2.33. The molecule has 1 aliphatic rings. The first-order valence-electron chi connectivity index (χ1n) is 7.02. The molecule has 21 heavy (non-hydrogen) atoms. The molecule has 1 aromatic heterocycles. The highest BCUT2D eigenvalue weighted by molar-refractivity contribution is 5.91. The van der Waals surface area contributed by atoms with Gasteiger partial charge in [0.15, 0.2) is 0 Å². The summed E-state index contributed by atoms with van der Waals surface area (Å²) < 4.78 is 7.10. The number of carbonyl (C=O) groups is 1. The van der Waals surface area contributed by atoms with Crippen LogP contribution in [-0.2, 0) is 9.53 Å². The van der Waals surface area contributed by atoms with Gasteiger partial charge in [-0.3, -0.25) is 4.79 Å². The standard InChI is InChI=1S/C15H18N4O2/c20-15(10-13-11-21-8-6-16-13)18-12-3-1-4-14(9-12)19-7-2-5-17-19/h1-5,7,9,13,16H,6,8,10-11H2,(H,18,20). The number of nitrogens with zero attached hydrogens (tertiary/aromatic N) is 2. The number of hydrogen-bond acceptors (Lipinski definition) is 4. The number of carbonyl (C=O) groups excluding carboxylic acids is 1. The maximum atomic E-state index is 12.0. The quantitative estimate of drug-likeness (QED) is 0.886. The number of benzene rings is 1. The van der Waals surface area contributed by atoms with Crippen LogP contribution in [0.1, 0.15) is 6.42 Å². The van der Waals surface area contributed by atoms with Gasteiger partial charge in [-0.25, -0.2) is 4.68 Å². The first-order chi connectivity index (χ1) is 10.3. The Morgan fingerprint density at radius 1 is 1.48 bits per heavy atom. The summed E-state index contributed by atoms with van der Waals surface area (Å²) in [5, 5.41) is 10.4. The summed E-state index contributed by atoms with van der Waals surface area (Å²) in [5.74, 6) is -0.0179. The van der Waals surface area contributed by atoms with Crippen molar-refractivity contribution in [2.75, 3.05) is 25.1 Å².